The molecule has 25 heavy (non-hydrogen) atoms. The van der Waals surface area contributed by atoms with E-state index in [2.05, 4.69) is 9.97 Å². The van der Waals surface area contributed by atoms with Gasteiger partial charge < -0.3 is 15.4 Å². The van der Waals surface area contributed by atoms with Gasteiger partial charge in [0.2, 0.25) is 5.95 Å². The van der Waals surface area contributed by atoms with E-state index in [1.165, 1.54) is 0 Å². The highest BCUT2D eigenvalue weighted by Crippen LogP contribution is 2.24. The molecule has 1 heterocycles. The number of nitrogens with zero attached hydrogens (tertiary/aromatic N) is 3. The molecule has 2 aromatic rings. The molecular formula is C19H26N4O2. The van der Waals surface area contributed by atoms with Gasteiger partial charge in [0.25, 0.3) is 5.91 Å². The number of nitrogens with two attached hydrogens (primary N) is 1. The van der Waals surface area contributed by atoms with Crippen LogP contribution in [0.25, 0.3) is 0 Å². The minimum atomic E-state index is -0.0948. The number of para-hydroxylation sites is 1. The zero-order valence-corrected chi connectivity index (χ0v) is 15.6. The first-order valence-corrected chi connectivity index (χ1v) is 8.50. The number of aryl methyl sites for hydroxylation is 3. The van der Waals surface area contributed by atoms with E-state index in [4.69, 9.17) is 10.5 Å². The van der Waals surface area contributed by atoms with Crippen molar-refractivity contribution in [2.45, 2.75) is 41.2 Å². The molecule has 1 amide bonds. The maximum Gasteiger partial charge on any atom is 0.257 e. The molecule has 0 aliphatic rings. The van der Waals surface area contributed by atoms with Crippen molar-refractivity contribution in [3.63, 3.8) is 0 Å². The molecule has 0 radical (unpaired) electrons. The minimum absolute atomic E-state index is 0.0948. The van der Waals surface area contributed by atoms with Gasteiger partial charge in [-0.3, -0.25) is 4.79 Å². The number of hydrogen-bond donors (Lipinski definition) is 1. The Bertz CT molecular complexity index is 750. The second kappa shape index (κ2) is 7.96. The van der Waals surface area contributed by atoms with Crippen LogP contribution in [0.3, 0.4) is 0 Å². The van der Waals surface area contributed by atoms with E-state index in [0.717, 1.165) is 16.9 Å². The van der Waals surface area contributed by atoms with Gasteiger partial charge in [0.1, 0.15) is 12.4 Å². The highest BCUT2D eigenvalue weighted by molar-refractivity contribution is 5.96. The normalized spacial score (nSPS) is 10.6. The number of nitrogen functional groups attached to an aromatic ring is 1. The maximum atomic E-state index is 12.9. The summed E-state index contributed by atoms with van der Waals surface area (Å²) in [7, 11) is 0. The summed E-state index contributed by atoms with van der Waals surface area (Å²) in [6.07, 6.45) is 0. The molecule has 6 heteroatoms. The highest BCUT2D eigenvalue weighted by Gasteiger charge is 2.22. The lowest BCUT2D eigenvalue weighted by Gasteiger charge is -2.21. The molecule has 1 aromatic heterocycles. The van der Waals surface area contributed by atoms with Gasteiger partial charge in [-0.25, -0.2) is 9.97 Å². The fourth-order valence-electron chi connectivity index (χ4n) is 2.87. The van der Waals surface area contributed by atoms with E-state index in [0.29, 0.717) is 30.0 Å². The molecule has 0 bridgehead atoms. The van der Waals surface area contributed by atoms with Crippen molar-refractivity contribution in [2.75, 3.05) is 18.8 Å². The number of carbonyl (C=O) groups is 1. The largest absolute Gasteiger partial charge is 0.487 e. The van der Waals surface area contributed by atoms with Crippen LogP contribution in [0.2, 0.25) is 0 Å². The van der Waals surface area contributed by atoms with E-state index in [1.807, 2.05) is 45.9 Å². The molecule has 0 atom stereocenters. The molecule has 0 aliphatic heterocycles. The number of aromatic nitrogens is 2. The minimum Gasteiger partial charge on any atom is -0.487 e. The summed E-state index contributed by atoms with van der Waals surface area (Å²) >= 11 is 0. The third-order valence-corrected chi connectivity index (χ3v) is 4.21. The van der Waals surface area contributed by atoms with Crippen LogP contribution >= 0.6 is 0 Å². The van der Waals surface area contributed by atoms with Gasteiger partial charge in [-0.05, 0) is 45.7 Å². The molecule has 0 saturated heterocycles. The molecule has 134 valence electrons. The summed E-state index contributed by atoms with van der Waals surface area (Å²) < 4.78 is 5.98. The molecule has 0 saturated carbocycles. The second-order valence-electron chi connectivity index (χ2n) is 5.98. The Morgan fingerprint density at radius 3 is 2.28 bits per heavy atom. The topological polar surface area (TPSA) is 81.3 Å². The van der Waals surface area contributed by atoms with Gasteiger partial charge in [0.15, 0.2) is 0 Å². The van der Waals surface area contributed by atoms with Crippen LogP contribution in [-0.4, -0.2) is 33.9 Å². The van der Waals surface area contributed by atoms with E-state index in [-0.39, 0.29) is 18.5 Å². The summed E-state index contributed by atoms with van der Waals surface area (Å²) in [4.78, 5) is 23.0. The lowest BCUT2D eigenvalue weighted by Crippen LogP contribution is -2.32. The number of benzene rings is 1. The summed E-state index contributed by atoms with van der Waals surface area (Å²) in [5.41, 5.74) is 9.44. The molecule has 0 spiro atoms. The first-order valence-electron chi connectivity index (χ1n) is 8.50. The van der Waals surface area contributed by atoms with E-state index < -0.39 is 0 Å². The average molecular weight is 342 g/mol. The number of rotatable bonds is 6. The number of ether oxygens (including phenoxy) is 1. The van der Waals surface area contributed by atoms with Crippen molar-refractivity contribution in [1.29, 1.82) is 0 Å². The molecule has 0 unspecified atom stereocenters. The number of anilines is 1. The van der Waals surface area contributed by atoms with Gasteiger partial charge in [-0.15, -0.1) is 0 Å². The summed E-state index contributed by atoms with van der Waals surface area (Å²) in [5, 5.41) is 0. The van der Waals surface area contributed by atoms with Gasteiger partial charge in [0, 0.05) is 13.1 Å². The Kier molecular flexibility index (Phi) is 5.96. The summed E-state index contributed by atoms with van der Waals surface area (Å²) in [6.45, 7) is 11.1. The summed E-state index contributed by atoms with van der Waals surface area (Å²) in [5.74, 6) is 0.856. The monoisotopic (exact) mass is 342 g/mol. The Labute approximate surface area is 149 Å². The maximum absolute atomic E-state index is 12.9. The predicted octanol–water partition coefficient (Wildman–Crippen LogP) is 3.05. The second-order valence-corrected chi connectivity index (χ2v) is 5.98. The fourth-order valence-corrected chi connectivity index (χ4v) is 2.87. The summed E-state index contributed by atoms with van der Waals surface area (Å²) in [6, 6.07) is 5.97. The van der Waals surface area contributed by atoms with Crippen molar-refractivity contribution in [3.8, 4) is 5.75 Å². The van der Waals surface area contributed by atoms with Gasteiger partial charge >= 0.3 is 0 Å². The standard InChI is InChI=1S/C19H26N4O2/c1-6-23(7-2)18(24)16-14(5)21-19(20)22-15(16)11-25-17-12(3)9-8-10-13(17)4/h8-10H,6-7,11H2,1-5H3,(H2,20,21,22). The van der Waals surface area contributed by atoms with Gasteiger partial charge in [0.05, 0.1) is 17.0 Å². The molecule has 0 aliphatic carbocycles. The van der Waals surface area contributed by atoms with Crippen LogP contribution in [0, 0.1) is 20.8 Å². The lowest BCUT2D eigenvalue weighted by molar-refractivity contribution is 0.0768. The van der Waals surface area contributed by atoms with Crippen LogP contribution in [0.4, 0.5) is 5.95 Å². The average Bonchev–Trinajstić information content (AvgIpc) is 2.54. The first kappa shape index (κ1) is 18.7. The third kappa shape index (κ3) is 4.07. The smallest absolute Gasteiger partial charge is 0.257 e. The zero-order chi connectivity index (χ0) is 18.6. The van der Waals surface area contributed by atoms with Crippen molar-refractivity contribution in [3.05, 3.63) is 46.3 Å². The SMILES string of the molecule is CCN(CC)C(=O)c1c(C)nc(N)nc1COc1c(C)cccc1C. The Morgan fingerprint density at radius 1 is 1.12 bits per heavy atom. The van der Waals surface area contributed by atoms with Crippen LogP contribution in [-0.2, 0) is 6.61 Å². The van der Waals surface area contributed by atoms with Crippen molar-refractivity contribution in [2.24, 2.45) is 0 Å². The Balaban J connectivity index is 2.38. The fraction of sp³-hybridized carbons (Fsp3) is 0.421. The number of hydrogen-bond acceptors (Lipinski definition) is 5. The van der Waals surface area contributed by atoms with Crippen LogP contribution in [0.5, 0.6) is 5.75 Å². The van der Waals surface area contributed by atoms with Crippen LogP contribution < -0.4 is 10.5 Å². The molecule has 6 nitrogen and oxygen atoms in total. The highest BCUT2D eigenvalue weighted by atomic mass is 16.5. The molecule has 2 rings (SSSR count). The number of carbonyl (C=O) groups excluding carboxylic acids is 1. The quantitative estimate of drug-likeness (QED) is 0.872. The van der Waals surface area contributed by atoms with Crippen LogP contribution in [0.1, 0.15) is 46.7 Å². The van der Waals surface area contributed by atoms with Crippen molar-refractivity contribution >= 4 is 11.9 Å². The molecule has 0 fully saturated rings. The van der Waals surface area contributed by atoms with Crippen molar-refractivity contribution < 1.29 is 9.53 Å². The predicted molar refractivity (Wildman–Crippen MR) is 98.7 cm³/mol. The first-order chi connectivity index (χ1) is 11.9. The molecular weight excluding hydrogens is 316 g/mol. The van der Waals surface area contributed by atoms with Crippen molar-refractivity contribution in [1.82, 2.24) is 14.9 Å². The van der Waals surface area contributed by atoms with E-state index in [9.17, 15) is 4.79 Å². The Hall–Kier alpha value is -2.63. The van der Waals surface area contributed by atoms with Gasteiger partial charge in [-0.1, -0.05) is 18.2 Å². The van der Waals surface area contributed by atoms with E-state index >= 15 is 0 Å². The van der Waals surface area contributed by atoms with E-state index in [1.54, 1.807) is 11.8 Å². The molecule has 2 N–H and O–H groups in total. The lowest BCUT2D eigenvalue weighted by atomic mass is 10.1. The molecule has 1 aromatic carbocycles. The third-order valence-electron chi connectivity index (χ3n) is 4.21. The van der Waals surface area contributed by atoms with Gasteiger partial charge in [-0.2, -0.15) is 0 Å². The number of amides is 1. The van der Waals surface area contributed by atoms with Crippen LogP contribution in [0.15, 0.2) is 18.2 Å². The Morgan fingerprint density at radius 2 is 1.72 bits per heavy atom. The zero-order valence-electron chi connectivity index (χ0n) is 15.6.